The molecular weight excluding hydrogens is 266 g/mol. The third-order valence-corrected chi connectivity index (χ3v) is 2.83. The van der Waals surface area contributed by atoms with E-state index in [4.69, 9.17) is 9.84 Å². The third-order valence-electron chi connectivity index (χ3n) is 2.83. The lowest BCUT2D eigenvalue weighted by molar-refractivity contribution is -0.141. The van der Waals surface area contributed by atoms with Crippen LogP contribution in [0.4, 0.5) is 4.79 Å². The molecule has 114 valence electrons. The highest BCUT2D eigenvalue weighted by molar-refractivity contribution is 5.78. The molecule has 0 saturated carbocycles. The molecule has 0 aromatic carbocycles. The summed E-state index contributed by atoms with van der Waals surface area (Å²) < 4.78 is 5.28. The Morgan fingerprint density at radius 3 is 2.75 bits per heavy atom. The third kappa shape index (κ3) is 5.87. The fourth-order valence-corrected chi connectivity index (χ4v) is 1.90. The molecule has 0 spiro atoms. The Morgan fingerprint density at radius 2 is 2.10 bits per heavy atom. The number of hydrogen-bond donors (Lipinski definition) is 3. The lowest BCUT2D eigenvalue weighted by atomic mass is 10.2. The number of nitrogens with one attached hydrogen (secondary N) is 2. The van der Waals surface area contributed by atoms with E-state index in [0.29, 0.717) is 19.7 Å². The molecule has 20 heavy (non-hydrogen) atoms. The molecule has 3 N–H and O–H groups in total. The van der Waals surface area contributed by atoms with Gasteiger partial charge in [-0.15, -0.1) is 0 Å². The summed E-state index contributed by atoms with van der Waals surface area (Å²) in [5.74, 6) is -1.06. The minimum absolute atomic E-state index is 0.112. The van der Waals surface area contributed by atoms with Gasteiger partial charge in [0.15, 0.2) is 0 Å². The van der Waals surface area contributed by atoms with Crippen molar-refractivity contribution >= 4 is 17.9 Å². The monoisotopic (exact) mass is 287 g/mol. The zero-order chi connectivity index (χ0) is 15.0. The van der Waals surface area contributed by atoms with Crippen LogP contribution in [0, 0.1) is 0 Å². The van der Waals surface area contributed by atoms with Gasteiger partial charge in [0.1, 0.15) is 0 Å². The average molecular weight is 287 g/mol. The number of urea groups is 1. The second-order valence-corrected chi connectivity index (χ2v) is 4.47. The number of amides is 3. The molecule has 3 amide bonds. The van der Waals surface area contributed by atoms with Crippen molar-refractivity contribution in [2.75, 3.05) is 32.8 Å². The molecule has 1 saturated heterocycles. The summed E-state index contributed by atoms with van der Waals surface area (Å²) in [6.07, 6.45) is -0.374. The first-order chi connectivity index (χ1) is 9.52. The number of carbonyl (C=O) groups is 3. The second-order valence-electron chi connectivity index (χ2n) is 4.47. The first kappa shape index (κ1) is 16.2. The van der Waals surface area contributed by atoms with Crippen LogP contribution in [-0.2, 0) is 14.3 Å². The summed E-state index contributed by atoms with van der Waals surface area (Å²) in [6, 6.07) is -0.298. The lowest BCUT2D eigenvalue weighted by Crippen LogP contribution is -2.50. The SMILES string of the molecule is CCNC(=O)CCNC(=O)N1CCOC(CC(=O)O)C1. The molecule has 1 unspecified atom stereocenters. The van der Waals surface area contributed by atoms with Crippen LogP contribution in [0.2, 0.25) is 0 Å². The largest absolute Gasteiger partial charge is 0.481 e. The van der Waals surface area contributed by atoms with E-state index in [1.54, 1.807) is 0 Å². The Hall–Kier alpha value is -1.83. The molecule has 1 rings (SSSR count). The van der Waals surface area contributed by atoms with Gasteiger partial charge in [-0.25, -0.2) is 4.79 Å². The Morgan fingerprint density at radius 1 is 1.35 bits per heavy atom. The molecule has 1 atom stereocenters. The Labute approximate surface area is 117 Å². The van der Waals surface area contributed by atoms with Crippen molar-refractivity contribution in [2.24, 2.45) is 0 Å². The van der Waals surface area contributed by atoms with E-state index in [0.717, 1.165) is 0 Å². The van der Waals surface area contributed by atoms with Crippen molar-refractivity contribution < 1.29 is 24.2 Å². The number of carbonyl (C=O) groups excluding carboxylic acids is 2. The number of ether oxygens (including phenoxy) is 1. The molecule has 1 fully saturated rings. The summed E-state index contributed by atoms with van der Waals surface area (Å²) in [4.78, 5) is 35.2. The highest BCUT2D eigenvalue weighted by Gasteiger charge is 2.25. The second kappa shape index (κ2) is 8.36. The van der Waals surface area contributed by atoms with E-state index in [-0.39, 0.29) is 37.9 Å². The zero-order valence-electron chi connectivity index (χ0n) is 11.6. The number of carboxylic acid groups (broad SMARTS) is 1. The van der Waals surface area contributed by atoms with E-state index in [1.807, 2.05) is 6.92 Å². The van der Waals surface area contributed by atoms with Gasteiger partial charge in [-0.05, 0) is 6.92 Å². The number of hydrogen-bond acceptors (Lipinski definition) is 4. The summed E-state index contributed by atoms with van der Waals surface area (Å²) in [5, 5.41) is 14.0. The highest BCUT2D eigenvalue weighted by atomic mass is 16.5. The smallest absolute Gasteiger partial charge is 0.317 e. The molecule has 0 aromatic heterocycles. The average Bonchev–Trinajstić information content (AvgIpc) is 2.38. The van der Waals surface area contributed by atoms with Gasteiger partial charge >= 0.3 is 12.0 Å². The van der Waals surface area contributed by atoms with Crippen LogP contribution >= 0.6 is 0 Å². The number of rotatable bonds is 6. The quantitative estimate of drug-likeness (QED) is 0.604. The van der Waals surface area contributed by atoms with Gasteiger partial charge in [-0.2, -0.15) is 0 Å². The van der Waals surface area contributed by atoms with Crippen molar-refractivity contribution in [3.05, 3.63) is 0 Å². The van der Waals surface area contributed by atoms with Gasteiger partial charge in [-0.1, -0.05) is 0 Å². The fourth-order valence-electron chi connectivity index (χ4n) is 1.90. The molecule has 8 heteroatoms. The molecule has 1 heterocycles. The molecule has 0 bridgehead atoms. The first-order valence-corrected chi connectivity index (χ1v) is 6.65. The van der Waals surface area contributed by atoms with E-state index in [2.05, 4.69) is 10.6 Å². The highest BCUT2D eigenvalue weighted by Crippen LogP contribution is 2.08. The van der Waals surface area contributed by atoms with Gasteiger partial charge < -0.3 is 25.4 Å². The van der Waals surface area contributed by atoms with Gasteiger partial charge in [0.05, 0.1) is 19.1 Å². The fraction of sp³-hybridized carbons (Fsp3) is 0.750. The van der Waals surface area contributed by atoms with Crippen molar-refractivity contribution in [1.29, 1.82) is 0 Å². The number of aliphatic carboxylic acids is 1. The molecule has 0 radical (unpaired) electrons. The number of carboxylic acids is 1. The molecular formula is C12H21N3O5. The van der Waals surface area contributed by atoms with Gasteiger partial charge in [0.2, 0.25) is 5.91 Å². The van der Waals surface area contributed by atoms with Gasteiger partial charge in [-0.3, -0.25) is 9.59 Å². The Bertz CT molecular complexity index is 361. The van der Waals surface area contributed by atoms with Crippen LogP contribution < -0.4 is 10.6 Å². The maximum atomic E-state index is 11.8. The van der Waals surface area contributed by atoms with Crippen molar-refractivity contribution in [3.63, 3.8) is 0 Å². The van der Waals surface area contributed by atoms with Crippen LogP contribution in [-0.4, -0.2) is 66.8 Å². The van der Waals surface area contributed by atoms with Crippen molar-refractivity contribution in [3.8, 4) is 0 Å². The van der Waals surface area contributed by atoms with Crippen LogP contribution in [0.25, 0.3) is 0 Å². The normalized spacial score (nSPS) is 18.4. The molecule has 8 nitrogen and oxygen atoms in total. The maximum Gasteiger partial charge on any atom is 0.317 e. The van der Waals surface area contributed by atoms with Crippen LogP contribution in [0.15, 0.2) is 0 Å². The van der Waals surface area contributed by atoms with Crippen molar-refractivity contribution in [2.45, 2.75) is 25.9 Å². The predicted octanol–water partition coefficient (Wildman–Crippen LogP) is -0.602. The zero-order valence-corrected chi connectivity index (χ0v) is 11.6. The maximum absolute atomic E-state index is 11.8. The van der Waals surface area contributed by atoms with Gasteiger partial charge in [0.25, 0.3) is 0 Å². The lowest BCUT2D eigenvalue weighted by Gasteiger charge is -2.32. The summed E-state index contributed by atoms with van der Waals surface area (Å²) >= 11 is 0. The summed E-state index contributed by atoms with van der Waals surface area (Å²) in [6.45, 7) is 3.63. The van der Waals surface area contributed by atoms with Crippen molar-refractivity contribution in [1.82, 2.24) is 15.5 Å². The minimum atomic E-state index is -0.950. The van der Waals surface area contributed by atoms with Crippen LogP contribution in [0.5, 0.6) is 0 Å². The first-order valence-electron chi connectivity index (χ1n) is 6.65. The molecule has 0 aromatic rings. The standard InChI is InChI=1S/C12H21N3O5/c1-2-13-10(16)3-4-14-12(19)15-5-6-20-9(8-15)7-11(17)18/h9H,2-8H2,1H3,(H,13,16)(H,14,19)(H,17,18). The topological polar surface area (TPSA) is 108 Å². The number of morpholine rings is 1. The van der Waals surface area contributed by atoms with Gasteiger partial charge in [0, 0.05) is 32.6 Å². The Balaban J connectivity index is 2.28. The van der Waals surface area contributed by atoms with E-state index in [1.165, 1.54) is 4.90 Å². The molecule has 0 aliphatic carbocycles. The van der Waals surface area contributed by atoms with E-state index < -0.39 is 12.1 Å². The predicted molar refractivity (Wildman–Crippen MR) is 70.3 cm³/mol. The molecule has 1 aliphatic heterocycles. The van der Waals surface area contributed by atoms with Crippen LogP contribution in [0.3, 0.4) is 0 Å². The number of nitrogens with zero attached hydrogens (tertiary/aromatic N) is 1. The summed E-state index contributed by atoms with van der Waals surface area (Å²) in [5.41, 5.74) is 0. The Kier molecular flexibility index (Phi) is 6.78. The molecule has 1 aliphatic rings. The van der Waals surface area contributed by atoms with E-state index in [9.17, 15) is 14.4 Å². The van der Waals surface area contributed by atoms with E-state index >= 15 is 0 Å². The summed E-state index contributed by atoms with van der Waals surface area (Å²) in [7, 11) is 0. The minimum Gasteiger partial charge on any atom is -0.481 e. The van der Waals surface area contributed by atoms with Crippen LogP contribution in [0.1, 0.15) is 19.8 Å².